The Kier molecular flexibility index (Phi) is 5.18. The Balaban J connectivity index is 1.88. The lowest BCUT2D eigenvalue weighted by Gasteiger charge is -2.14. The van der Waals surface area contributed by atoms with Gasteiger partial charge in [-0.05, 0) is 24.7 Å². The van der Waals surface area contributed by atoms with Gasteiger partial charge in [-0.3, -0.25) is 4.90 Å². The van der Waals surface area contributed by atoms with Crippen molar-refractivity contribution in [3.05, 3.63) is 41.5 Å². The van der Waals surface area contributed by atoms with Crippen LogP contribution in [-0.2, 0) is 19.6 Å². The summed E-state index contributed by atoms with van der Waals surface area (Å²) < 4.78 is 33.3. The van der Waals surface area contributed by atoms with Crippen LogP contribution in [0.4, 0.5) is 8.78 Å². The van der Waals surface area contributed by atoms with Crippen LogP contribution < -0.4 is 10.5 Å². The lowest BCUT2D eigenvalue weighted by atomic mass is 10.2. The predicted octanol–water partition coefficient (Wildman–Crippen LogP) is 1.76. The third-order valence-electron chi connectivity index (χ3n) is 2.70. The molecule has 2 rings (SSSR count). The normalized spacial score (nSPS) is 11.3. The highest BCUT2D eigenvalue weighted by Gasteiger charge is 2.09. The van der Waals surface area contributed by atoms with Crippen LogP contribution in [0.3, 0.4) is 0 Å². The number of hydrogen-bond acceptors (Lipinski definition) is 6. The summed E-state index contributed by atoms with van der Waals surface area (Å²) in [5.74, 6) is 1.09. The van der Waals surface area contributed by atoms with E-state index in [2.05, 4.69) is 14.9 Å². The van der Waals surface area contributed by atoms with E-state index in [1.54, 1.807) is 12.1 Å². The number of halogens is 2. The summed E-state index contributed by atoms with van der Waals surface area (Å²) in [5, 5.41) is 3.80. The fourth-order valence-corrected chi connectivity index (χ4v) is 1.82. The topological polar surface area (TPSA) is 77.4 Å². The van der Waals surface area contributed by atoms with E-state index in [9.17, 15) is 8.78 Å². The van der Waals surface area contributed by atoms with Gasteiger partial charge in [0.1, 0.15) is 5.75 Å². The van der Waals surface area contributed by atoms with Gasteiger partial charge in [-0.1, -0.05) is 17.3 Å². The lowest BCUT2D eigenvalue weighted by Crippen LogP contribution is -2.18. The molecule has 1 aromatic heterocycles. The van der Waals surface area contributed by atoms with Gasteiger partial charge in [0, 0.05) is 6.54 Å². The van der Waals surface area contributed by atoms with E-state index in [4.69, 9.17) is 10.3 Å². The van der Waals surface area contributed by atoms with Crippen molar-refractivity contribution >= 4 is 0 Å². The molecule has 0 unspecified atom stereocenters. The monoisotopic (exact) mass is 298 g/mol. The Morgan fingerprint density at radius 3 is 2.57 bits per heavy atom. The number of hydrogen-bond donors (Lipinski definition) is 1. The Hall–Kier alpha value is -2.06. The smallest absolute Gasteiger partial charge is 0.387 e. The van der Waals surface area contributed by atoms with Gasteiger partial charge in [-0.2, -0.15) is 13.8 Å². The molecule has 0 spiro atoms. The van der Waals surface area contributed by atoms with Gasteiger partial charge < -0.3 is 15.0 Å². The minimum Gasteiger partial charge on any atom is -0.435 e. The molecule has 1 aromatic carbocycles. The minimum atomic E-state index is -2.81. The SMILES string of the molecule is CN(Cc1ccc(OC(F)F)cc1)Cc1noc(CN)n1. The zero-order chi connectivity index (χ0) is 15.2. The first-order valence-electron chi connectivity index (χ1n) is 6.30. The number of nitrogens with zero attached hydrogens (tertiary/aromatic N) is 3. The summed E-state index contributed by atoms with van der Waals surface area (Å²) >= 11 is 0. The third kappa shape index (κ3) is 4.76. The van der Waals surface area contributed by atoms with Crippen LogP contribution in [-0.4, -0.2) is 28.7 Å². The lowest BCUT2D eigenvalue weighted by molar-refractivity contribution is -0.0498. The van der Waals surface area contributed by atoms with Crippen molar-refractivity contribution in [2.24, 2.45) is 5.73 Å². The van der Waals surface area contributed by atoms with E-state index in [0.717, 1.165) is 5.56 Å². The summed E-state index contributed by atoms with van der Waals surface area (Å²) in [6.07, 6.45) is 0. The highest BCUT2D eigenvalue weighted by atomic mass is 19.3. The van der Waals surface area contributed by atoms with Gasteiger partial charge in [-0.15, -0.1) is 0 Å². The molecule has 114 valence electrons. The van der Waals surface area contributed by atoms with Gasteiger partial charge in [0.05, 0.1) is 13.1 Å². The number of benzene rings is 1. The minimum absolute atomic E-state index is 0.141. The molecule has 0 radical (unpaired) electrons. The maximum absolute atomic E-state index is 12.0. The van der Waals surface area contributed by atoms with Crippen molar-refractivity contribution in [1.29, 1.82) is 0 Å². The molecule has 0 saturated carbocycles. The second-order valence-electron chi connectivity index (χ2n) is 4.50. The maximum Gasteiger partial charge on any atom is 0.387 e. The highest BCUT2D eigenvalue weighted by Crippen LogP contribution is 2.16. The quantitative estimate of drug-likeness (QED) is 0.839. The van der Waals surface area contributed by atoms with E-state index in [1.165, 1.54) is 12.1 Å². The Morgan fingerprint density at radius 2 is 2.00 bits per heavy atom. The molecule has 0 bridgehead atoms. The molecule has 0 saturated heterocycles. The second kappa shape index (κ2) is 7.09. The summed E-state index contributed by atoms with van der Waals surface area (Å²) in [6, 6.07) is 6.48. The average Bonchev–Trinajstić information content (AvgIpc) is 2.88. The molecule has 2 aromatic rings. The highest BCUT2D eigenvalue weighted by molar-refractivity contribution is 5.27. The molecule has 21 heavy (non-hydrogen) atoms. The zero-order valence-corrected chi connectivity index (χ0v) is 11.5. The Morgan fingerprint density at radius 1 is 1.29 bits per heavy atom. The van der Waals surface area contributed by atoms with E-state index < -0.39 is 6.61 Å². The van der Waals surface area contributed by atoms with Crippen LogP contribution in [0.2, 0.25) is 0 Å². The Bertz CT molecular complexity index is 560. The van der Waals surface area contributed by atoms with Crippen molar-refractivity contribution in [3.8, 4) is 5.75 Å². The second-order valence-corrected chi connectivity index (χ2v) is 4.50. The van der Waals surface area contributed by atoms with Crippen molar-refractivity contribution in [2.45, 2.75) is 26.2 Å². The number of aromatic nitrogens is 2. The first-order valence-corrected chi connectivity index (χ1v) is 6.30. The molecule has 8 heteroatoms. The maximum atomic E-state index is 12.0. The first-order chi connectivity index (χ1) is 10.1. The van der Waals surface area contributed by atoms with Crippen molar-refractivity contribution in [1.82, 2.24) is 15.0 Å². The zero-order valence-electron chi connectivity index (χ0n) is 11.5. The van der Waals surface area contributed by atoms with Crippen LogP contribution in [0.25, 0.3) is 0 Å². The summed E-state index contributed by atoms with van der Waals surface area (Å²) in [6.45, 7) is -1.49. The number of rotatable bonds is 7. The molecule has 0 aliphatic heterocycles. The predicted molar refractivity (Wildman–Crippen MR) is 70.4 cm³/mol. The average molecular weight is 298 g/mol. The van der Waals surface area contributed by atoms with Crippen LogP contribution in [0.1, 0.15) is 17.3 Å². The molecular formula is C13H16F2N4O2. The van der Waals surface area contributed by atoms with Gasteiger partial charge in [0.2, 0.25) is 5.89 Å². The fraction of sp³-hybridized carbons (Fsp3) is 0.385. The summed E-state index contributed by atoms with van der Waals surface area (Å²) in [4.78, 5) is 6.08. The molecular weight excluding hydrogens is 282 g/mol. The number of alkyl halides is 2. The number of ether oxygens (including phenoxy) is 1. The molecule has 0 aliphatic carbocycles. The Labute approximate surface area is 120 Å². The van der Waals surface area contributed by atoms with Crippen LogP contribution >= 0.6 is 0 Å². The van der Waals surface area contributed by atoms with E-state index >= 15 is 0 Å². The fourth-order valence-electron chi connectivity index (χ4n) is 1.82. The molecule has 2 N–H and O–H groups in total. The third-order valence-corrected chi connectivity index (χ3v) is 2.70. The molecule has 1 heterocycles. The van der Waals surface area contributed by atoms with Crippen molar-refractivity contribution in [3.63, 3.8) is 0 Å². The molecule has 0 amide bonds. The molecule has 6 nitrogen and oxygen atoms in total. The summed E-state index contributed by atoms with van der Waals surface area (Å²) in [5.41, 5.74) is 6.35. The van der Waals surface area contributed by atoms with Crippen LogP contribution in [0.15, 0.2) is 28.8 Å². The molecule has 0 fully saturated rings. The van der Waals surface area contributed by atoms with Crippen molar-refractivity contribution in [2.75, 3.05) is 7.05 Å². The first kappa shape index (κ1) is 15.3. The number of nitrogens with two attached hydrogens (primary N) is 1. The molecule has 0 atom stereocenters. The van der Waals surface area contributed by atoms with E-state index in [-0.39, 0.29) is 12.3 Å². The van der Waals surface area contributed by atoms with E-state index in [1.807, 2.05) is 11.9 Å². The van der Waals surface area contributed by atoms with Gasteiger partial charge >= 0.3 is 6.61 Å². The van der Waals surface area contributed by atoms with Gasteiger partial charge in [0.15, 0.2) is 5.82 Å². The van der Waals surface area contributed by atoms with E-state index in [0.29, 0.717) is 24.8 Å². The van der Waals surface area contributed by atoms with Gasteiger partial charge in [0.25, 0.3) is 0 Å². The molecule has 0 aliphatic rings. The van der Waals surface area contributed by atoms with Crippen LogP contribution in [0.5, 0.6) is 5.75 Å². The standard InChI is InChI=1S/C13H16F2N4O2/c1-19(8-11-17-12(6-16)21-18-11)7-9-2-4-10(5-3-9)20-13(14)15/h2-5,13H,6-8,16H2,1H3. The van der Waals surface area contributed by atoms with Crippen molar-refractivity contribution < 1.29 is 18.0 Å². The van der Waals surface area contributed by atoms with Gasteiger partial charge in [-0.25, -0.2) is 0 Å². The van der Waals surface area contributed by atoms with Crippen LogP contribution in [0, 0.1) is 0 Å². The largest absolute Gasteiger partial charge is 0.435 e. The summed E-state index contributed by atoms with van der Waals surface area (Å²) in [7, 11) is 1.89.